The summed E-state index contributed by atoms with van der Waals surface area (Å²) in [4.78, 5) is 43.5. The van der Waals surface area contributed by atoms with Crippen LogP contribution in [0.3, 0.4) is 0 Å². The summed E-state index contributed by atoms with van der Waals surface area (Å²) in [5.74, 6) is 0.142. The molecule has 1 atom stereocenters. The molecule has 0 radical (unpaired) electrons. The summed E-state index contributed by atoms with van der Waals surface area (Å²) in [6, 6.07) is -0.531. The number of nitrogens with zero attached hydrogens (tertiary/aromatic N) is 1. The Morgan fingerprint density at radius 3 is 2.36 bits per heavy atom. The standard InChI is InChI=1S/C22H32N2O4/c1-5-28-22(27)19-13(2)18(14(3)23-19)20(25)15(4)24(12-16-10-11-16)21(26)17-8-6-7-9-17/h15-17,23H,5-12H2,1-4H3/t15-/m0/s1. The summed E-state index contributed by atoms with van der Waals surface area (Å²) >= 11 is 0. The lowest BCUT2D eigenvalue weighted by Crippen LogP contribution is -2.47. The number of carbonyl (C=O) groups is 3. The van der Waals surface area contributed by atoms with Crippen LogP contribution in [0.15, 0.2) is 0 Å². The van der Waals surface area contributed by atoms with E-state index in [0.29, 0.717) is 35.0 Å². The summed E-state index contributed by atoms with van der Waals surface area (Å²) in [5, 5.41) is 0. The predicted molar refractivity (Wildman–Crippen MR) is 106 cm³/mol. The lowest BCUT2D eigenvalue weighted by atomic mass is 9.97. The van der Waals surface area contributed by atoms with Crippen LogP contribution in [-0.4, -0.2) is 46.7 Å². The minimum Gasteiger partial charge on any atom is -0.461 e. The summed E-state index contributed by atoms with van der Waals surface area (Å²) in [6.07, 6.45) is 6.30. The molecule has 1 aromatic heterocycles. The van der Waals surface area contributed by atoms with Gasteiger partial charge in [-0.1, -0.05) is 12.8 Å². The van der Waals surface area contributed by atoms with Crippen molar-refractivity contribution in [2.45, 2.75) is 72.3 Å². The number of H-pyrrole nitrogens is 1. The maximum absolute atomic E-state index is 13.4. The number of carbonyl (C=O) groups excluding carboxylic acids is 3. The highest BCUT2D eigenvalue weighted by molar-refractivity contribution is 6.06. The molecule has 6 heteroatoms. The lowest BCUT2D eigenvalue weighted by molar-refractivity contribution is -0.136. The third-order valence-corrected chi connectivity index (χ3v) is 6.15. The molecule has 6 nitrogen and oxygen atoms in total. The summed E-state index contributed by atoms with van der Waals surface area (Å²) in [7, 11) is 0. The summed E-state index contributed by atoms with van der Waals surface area (Å²) in [6.45, 7) is 8.07. The minimum absolute atomic E-state index is 0.0533. The quantitative estimate of drug-likeness (QED) is 0.542. The van der Waals surface area contributed by atoms with Crippen molar-refractivity contribution in [2.75, 3.05) is 13.2 Å². The molecule has 1 amide bonds. The van der Waals surface area contributed by atoms with Crippen LogP contribution >= 0.6 is 0 Å². The van der Waals surface area contributed by atoms with E-state index in [4.69, 9.17) is 4.74 Å². The van der Waals surface area contributed by atoms with Gasteiger partial charge in [-0.05, 0) is 64.9 Å². The Balaban J connectivity index is 1.84. The Morgan fingerprint density at radius 2 is 1.79 bits per heavy atom. The average molecular weight is 389 g/mol. The lowest BCUT2D eigenvalue weighted by Gasteiger charge is -2.31. The van der Waals surface area contributed by atoms with Gasteiger partial charge in [-0.15, -0.1) is 0 Å². The molecule has 2 saturated carbocycles. The molecule has 2 aliphatic carbocycles. The van der Waals surface area contributed by atoms with Gasteiger partial charge in [0.05, 0.1) is 12.6 Å². The van der Waals surface area contributed by atoms with Crippen LogP contribution in [0.2, 0.25) is 0 Å². The number of hydrogen-bond acceptors (Lipinski definition) is 4. The first kappa shape index (κ1) is 20.6. The van der Waals surface area contributed by atoms with Crippen molar-refractivity contribution in [1.29, 1.82) is 0 Å². The van der Waals surface area contributed by atoms with Gasteiger partial charge in [-0.25, -0.2) is 4.79 Å². The second-order valence-corrected chi connectivity index (χ2v) is 8.30. The Hall–Kier alpha value is -2.11. The number of rotatable bonds is 8. The maximum Gasteiger partial charge on any atom is 0.355 e. The molecule has 28 heavy (non-hydrogen) atoms. The molecule has 2 aliphatic rings. The number of aromatic nitrogens is 1. The molecule has 0 unspecified atom stereocenters. The van der Waals surface area contributed by atoms with Crippen LogP contribution in [-0.2, 0) is 9.53 Å². The number of Topliss-reactive ketones (excluding diaryl/α,β-unsaturated/α-hetero) is 1. The van der Waals surface area contributed by atoms with Crippen LogP contribution in [0.25, 0.3) is 0 Å². The fourth-order valence-corrected chi connectivity index (χ4v) is 4.30. The van der Waals surface area contributed by atoms with E-state index in [1.165, 1.54) is 0 Å². The molecule has 0 saturated heterocycles. The maximum atomic E-state index is 13.4. The molecule has 0 bridgehead atoms. The molecule has 0 aliphatic heterocycles. The smallest absolute Gasteiger partial charge is 0.355 e. The van der Waals surface area contributed by atoms with Gasteiger partial charge in [0.15, 0.2) is 5.78 Å². The largest absolute Gasteiger partial charge is 0.461 e. The van der Waals surface area contributed by atoms with Crippen LogP contribution in [0.5, 0.6) is 0 Å². The van der Waals surface area contributed by atoms with Gasteiger partial charge in [-0.3, -0.25) is 9.59 Å². The Morgan fingerprint density at radius 1 is 1.14 bits per heavy atom. The second kappa shape index (κ2) is 8.50. The summed E-state index contributed by atoms with van der Waals surface area (Å²) in [5.41, 5.74) is 2.09. The SMILES string of the molecule is CCOC(=O)c1[nH]c(C)c(C(=O)[C@H](C)N(CC2CC2)C(=O)C2CCCC2)c1C. The zero-order valence-corrected chi connectivity index (χ0v) is 17.5. The molecule has 154 valence electrons. The van der Waals surface area contributed by atoms with Crippen LogP contribution in [0, 0.1) is 25.7 Å². The van der Waals surface area contributed by atoms with Crippen molar-refractivity contribution in [3.05, 3.63) is 22.5 Å². The molecule has 0 spiro atoms. The number of aryl methyl sites for hydroxylation is 1. The molecule has 1 aromatic rings. The van der Waals surface area contributed by atoms with Gasteiger partial charge in [0, 0.05) is 23.7 Å². The van der Waals surface area contributed by atoms with Crippen LogP contribution < -0.4 is 0 Å². The molecule has 0 aromatic carbocycles. The number of hydrogen-bond donors (Lipinski definition) is 1. The van der Waals surface area contributed by atoms with E-state index in [2.05, 4.69) is 4.98 Å². The third-order valence-electron chi connectivity index (χ3n) is 6.15. The van der Waals surface area contributed by atoms with Crippen molar-refractivity contribution in [3.63, 3.8) is 0 Å². The van der Waals surface area contributed by atoms with E-state index in [1.54, 1.807) is 20.8 Å². The molecule has 1 heterocycles. The highest BCUT2D eigenvalue weighted by atomic mass is 16.5. The van der Waals surface area contributed by atoms with Crippen molar-refractivity contribution in [3.8, 4) is 0 Å². The highest BCUT2D eigenvalue weighted by Gasteiger charge is 2.37. The minimum atomic E-state index is -0.531. The fourth-order valence-electron chi connectivity index (χ4n) is 4.30. The van der Waals surface area contributed by atoms with Crippen LogP contribution in [0.4, 0.5) is 0 Å². The van der Waals surface area contributed by atoms with E-state index in [0.717, 1.165) is 38.5 Å². The Bertz CT molecular complexity index is 757. The zero-order chi connectivity index (χ0) is 20.4. The Labute approximate surface area is 167 Å². The third kappa shape index (κ3) is 4.15. The fraction of sp³-hybridized carbons (Fsp3) is 0.682. The molecule has 2 fully saturated rings. The van der Waals surface area contributed by atoms with Crippen molar-refractivity contribution >= 4 is 17.7 Å². The topological polar surface area (TPSA) is 79.5 Å². The number of ether oxygens (including phenoxy) is 1. The van der Waals surface area contributed by atoms with Crippen molar-refractivity contribution in [1.82, 2.24) is 9.88 Å². The molecular weight excluding hydrogens is 356 g/mol. The van der Waals surface area contributed by atoms with E-state index in [-0.39, 0.29) is 24.2 Å². The first-order valence-corrected chi connectivity index (χ1v) is 10.6. The van der Waals surface area contributed by atoms with E-state index >= 15 is 0 Å². The van der Waals surface area contributed by atoms with Crippen molar-refractivity contribution in [2.24, 2.45) is 11.8 Å². The number of amides is 1. The second-order valence-electron chi connectivity index (χ2n) is 8.30. The summed E-state index contributed by atoms with van der Waals surface area (Å²) < 4.78 is 5.09. The van der Waals surface area contributed by atoms with Crippen molar-refractivity contribution < 1.29 is 19.1 Å². The van der Waals surface area contributed by atoms with Gasteiger partial charge < -0.3 is 14.6 Å². The van der Waals surface area contributed by atoms with Gasteiger partial charge in [0.25, 0.3) is 0 Å². The van der Waals surface area contributed by atoms with E-state index in [9.17, 15) is 14.4 Å². The highest BCUT2D eigenvalue weighted by Crippen LogP contribution is 2.34. The first-order valence-electron chi connectivity index (χ1n) is 10.6. The van der Waals surface area contributed by atoms with Crippen LogP contribution in [0.1, 0.15) is 84.5 Å². The van der Waals surface area contributed by atoms with E-state index < -0.39 is 12.0 Å². The predicted octanol–water partition coefficient (Wildman–Crippen LogP) is 3.81. The first-order chi connectivity index (χ1) is 13.3. The molecule has 1 N–H and O–H groups in total. The van der Waals surface area contributed by atoms with Gasteiger partial charge in [0.2, 0.25) is 5.91 Å². The van der Waals surface area contributed by atoms with Gasteiger partial charge >= 0.3 is 5.97 Å². The van der Waals surface area contributed by atoms with E-state index in [1.807, 2.05) is 11.8 Å². The number of esters is 1. The average Bonchev–Trinajstić information content (AvgIpc) is 3.21. The van der Waals surface area contributed by atoms with Gasteiger partial charge in [-0.2, -0.15) is 0 Å². The Kier molecular flexibility index (Phi) is 6.26. The number of nitrogens with one attached hydrogen (secondary N) is 1. The number of aromatic amines is 1. The monoisotopic (exact) mass is 388 g/mol. The molecular formula is C22H32N2O4. The normalized spacial score (nSPS) is 18.1. The van der Waals surface area contributed by atoms with Gasteiger partial charge in [0.1, 0.15) is 5.69 Å². The zero-order valence-electron chi connectivity index (χ0n) is 17.5. The molecule has 3 rings (SSSR count). The number of ketones is 1.